The number of ether oxygens (including phenoxy) is 1. The molecule has 0 saturated heterocycles. The number of thioether (sulfide) groups is 1. The lowest BCUT2D eigenvalue weighted by atomic mass is 10.3. The zero-order chi connectivity index (χ0) is 12.7. The molecule has 0 aliphatic heterocycles. The highest BCUT2D eigenvalue weighted by Crippen LogP contribution is 2.24. The summed E-state index contributed by atoms with van der Waals surface area (Å²) in [6.45, 7) is 7.82. The van der Waals surface area contributed by atoms with Crippen LogP contribution in [0.4, 0.5) is 5.82 Å². The van der Waals surface area contributed by atoms with Crippen molar-refractivity contribution in [3.63, 3.8) is 0 Å². The van der Waals surface area contributed by atoms with E-state index in [4.69, 9.17) is 4.74 Å². The third kappa shape index (κ3) is 4.52. The van der Waals surface area contributed by atoms with E-state index in [-0.39, 0.29) is 0 Å². The first-order chi connectivity index (χ1) is 8.19. The highest BCUT2D eigenvalue weighted by Gasteiger charge is 2.08. The minimum Gasteiger partial charge on any atom is -0.384 e. The lowest BCUT2D eigenvalue weighted by molar-refractivity contribution is 0.218. The van der Waals surface area contributed by atoms with Gasteiger partial charge in [0, 0.05) is 25.0 Å². The van der Waals surface area contributed by atoms with Crippen molar-refractivity contribution in [3.05, 3.63) is 11.4 Å². The van der Waals surface area contributed by atoms with Crippen molar-refractivity contribution >= 4 is 17.6 Å². The highest BCUT2D eigenvalue weighted by atomic mass is 32.2. The standard InChI is InChI=1S/C12H21N3OS/c1-5-6-13-11-9(2)12(15-10(3)14-11)17-8-7-16-4/h5-8H2,1-4H3,(H,13,14,15). The number of nitrogens with zero attached hydrogens (tertiary/aromatic N) is 2. The first kappa shape index (κ1) is 14.3. The summed E-state index contributed by atoms with van der Waals surface area (Å²) in [6, 6.07) is 0. The van der Waals surface area contributed by atoms with Gasteiger partial charge in [-0.3, -0.25) is 0 Å². The second-order valence-electron chi connectivity index (χ2n) is 3.82. The summed E-state index contributed by atoms with van der Waals surface area (Å²) in [6.07, 6.45) is 1.09. The van der Waals surface area contributed by atoms with Gasteiger partial charge in [-0.1, -0.05) is 6.92 Å². The fourth-order valence-corrected chi connectivity index (χ4v) is 2.33. The molecule has 0 saturated carbocycles. The van der Waals surface area contributed by atoms with Crippen molar-refractivity contribution in [3.8, 4) is 0 Å². The summed E-state index contributed by atoms with van der Waals surface area (Å²) in [5.41, 5.74) is 1.13. The minimum absolute atomic E-state index is 0.741. The van der Waals surface area contributed by atoms with Crippen LogP contribution in [0.5, 0.6) is 0 Å². The van der Waals surface area contributed by atoms with Gasteiger partial charge in [-0.25, -0.2) is 9.97 Å². The van der Waals surface area contributed by atoms with Crippen LogP contribution in [0, 0.1) is 13.8 Å². The minimum atomic E-state index is 0.741. The molecule has 0 aliphatic carbocycles. The third-order valence-corrected chi connectivity index (χ3v) is 3.32. The molecule has 1 N–H and O–H groups in total. The molecule has 1 heterocycles. The number of rotatable bonds is 7. The maximum Gasteiger partial charge on any atom is 0.133 e. The van der Waals surface area contributed by atoms with E-state index in [1.807, 2.05) is 6.92 Å². The van der Waals surface area contributed by atoms with E-state index in [0.717, 1.165) is 47.6 Å². The second-order valence-corrected chi connectivity index (χ2v) is 4.90. The van der Waals surface area contributed by atoms with Crippen LogP contribution in [-0.2, 0) is 4.74 Å². The van der Waals surface area contributed by atoms with Gasteiger partial charge in [-0.15, -0.1) is 11.8 Å². The summed E-state index contributed by atoms with van der Waals surface area (Å²) < 4.78 is 5.05. The Labute approximate surface area is 108 Å². The molecule has 0 radical (unpaired) electrons. The van der Waals surface area contributed by atoms with Gasteiger partial charge in [0.15, 0.2) is 0 Å². The largest absolute Gasteiger partial charge is 0.384 e. The predicted octanol–water partition coefficient (Wildman–Crippen LogP) is 2.65. The van der Waals surface area contributed by atoms with E-state index in [2.05, 4.69) is 29.1 Å². The van der Waals surface area contributed by atoms with Crippen LogP contribution < -0.4 is 5.32 Å². The fourth-order valence-electron chi connectivity index (χ4n) is 1.38. The Bertz CT molecular complexity index is 358. The number of anilines is 1. The zero-order valence-electron chi connectivity index (χ0n) is 11.0. The van der Waals surface area contributed by atoms with Gasteiger partial charge in [0.05, 0.1) is 6.61 Å². The van der Waals surface area contributed by atoms with Crippen LogP contribution in [0.1, 0.15) is 24.7 Å². The Balaban J connectivity index is 2.77. The molecule has 0 aliphatic rings. The van der Waals surface area contributed by atoms with E-state index >= 15 is 0 Å². The van der Waals surface area contributed by atoms with E-state index < -0.39 is 0 Å². The molecule has 17 heavy (non-hydrogen) atoms. The first-order valence-electron chi connectivity index (χ1n) is 5.89. The van der Waals surface area contributed by atoms with Gasteiger partial charge in [-0.05, 0) is 20.3 Å². The number of hydrogen-bond acceptors (Lipinski definition) is 5. The molecular weight excluding hydrogens is 234 g/mol. The number of hydrogen-bond donors (Lipinski definition) is 1. The summed E-state index contributed by atoms with van der Waals surface area (Å²) in [7, 11) is 1.72. The monoisotopic (exact) mass is 255 g/mol. The van der Waals surface area contributed by atoms with Gasteiger partial charge in [0.1, 0.15) is 16.7 Å². The Morgan fingerprint density at radius 1 is 1.29 bits per heavy atom. The Morgan fingerprint density at radius 3 is 2.71 bits per heavy atom. The fraction of sp³-hybridized carbons (Fsp3) is 0.667. The molecular formula is C12H21N3OS. The van der Waals surface area contributed by atoms with Gasteiger partial charge in [-0.2, -0.15) is 0 Å². The lowest BCUT2D eigenvalue weighted by Gasteiger charge is -2.12. The quantitative estimate of drug-likeness (QED) is 0.461. The Hall–Kier alpha value is -0.810. The molecule has 0 unspecified atom stereocenters. The van der Waals surface area contributed by atoms with E-state index in [1.54, 1.807) is 18.9 Å². The molecule has 1 aromatic heterocycles. The van der Waals surface area contributed by atoms with Crippen molar-refractivity contribution in [2.45, 2.75) is 32.2 Å². The first-order valence-corrected chi connectivity index (χ1v) is 6.88. The molecule has 1 rings (SSSR count). The van der Waals surface area contributed by atoms with Crippen LogP contribution in [0.3, 0.4) is 0 Å². The third-order valence-electron chi connectivity index (χ3n) is 2.28. The summed E-state index contributed by atoms with van der Waals surface area (Å²) >= 11 is 1.72. The lowest BCUT2D eigenvalue weighted by Crippen LogP contribution is -2.07. The highest BCUT2D eigenvalue weighted by molar-refractivity contribution is 7.99. The number of nitrogens with one attached hydrogen (secondary N) is 1. The van der Waals surface area contributed by atoms with Crippen LogP contribution in [-0.4, -0.2) is 36.0 Å². The summed E-state index contributed by atoms with van der Waals surface area (Å²) in [5, 5.41) is 4.39. The van der Waals surface area contributed by atoms with Crippen molar-refractivity contribution < 1.29 is 4.74 Å². The van der Waals surface area contributed by atoms with E-state index in [1.165, 1.54) is 0 Å². The van der Waals surface area contributed by atoms with E-state index in [9.17, 15) is 0 Å². The maximum absolute atomic E-state index is 5.05. The van der Waals surface area contributed by atoms with Gasteiger partial charge in [0.2, 0.25) is 0 Å². The average molecular weight is 255 g/mol. The molecule has 0 spiro atoms. The molecule has 0 bridgehead atoms. The molecule has 0 aromatic carbocycles. The van der Waals surface area contributed by atoms with Crippen molar-refractivity contribution in [1.29, 1.82) is 0 Å². The Kier molecular flexibility index (Phi) is 6.29. The van der Waals surface area contributed by atoms with Crippen molar-refractivity contribution in [2.24, 2.45) is 0 Å². The molecule has 0 fully saturated rings. The zero-order valence-corrected chi connectivity index (χ0v) is 11.9. The normalized spacial score (nSPS) is 10.6. The van der Waals surface area contributed by atoms with Gasteiger partial charge < -0.3 is 10.1 Å². The maximum atomic E-state index is 5.05. The van der Waals surface area contributed by atoms with Crippen LogP contribution in [0.2, 0.25) is 0 Å². The summed E-state index contributed by atoms with van der Waals surface area (Å²) in [5.74, 6) is 2.69. The van der Waals surface area contributed by atoms with Crippen LogP contribution in [0.25, 0.3) is 0 Å². The van der Waals surface area contributed by atoms with Crippen molar-refractivity contribution in [2.75, 3.05) is 31.3 Å². The molecule has 1 aromatic rings. The molecule has 5 heteroatoms. The smallest absolute Gasteiger partial charge is 0.133 e. The van der Waals surface area contributed by atoms with Gasteiger partial charge in [0.25, 0.3) is 0 Å². The van der Waals surface area contributed by atoms with Crippen molar-refractivity contribution in [1.82, 2.24) is 9.97 Å². The topological polar surface area (TPSA) is 47.0 Å². The number of aromatic nitrogens is 2. The van der Waals surface area contributed by atoms with E-state index in [0.29, 0.717) is 0 Å². The average Bonchev–Trinajstić information content (AvgIpc) is 2.31. The van der Waals surface area contributed by atoms with Gasteiger partial charge >= 0.3 is 0 Å². The molecule has 96 valence electrons. The number of aryl methyl sites for hydroxylation is 1. The van der Waals surface area contributed by atoms with Crippen LogP contribution >= 0.6 is 11.8 Å². The second kappa shape index (κ2) is 7.50. The molecule has 4 nitrogen and oxygen atoms in total. The predicted molar refractivity (Wildman–Crippen MR) is 72.9 cm³/mol. The summed E-state index contributed by atoms with van der Waals surface area (Å²) in [4.78, 5) is 8.90. The molecule has 0 atom stereocenters. The Morgan fingerprint density at radius 2 is 2.06 bits per heavy atom. The molecule has 0 amide bonds. The number of methoxy groups -OCH3 is 1. The SMILES string of the molecule is CCCNc1nc(C)nc(SCCOC)c1C. The van der Waals surface area contributed by atoms with Crippen LogP contribution in [0.15, 0.2) is 5.03 Å².